The van der Waals surface area contributed by atoms with Gasteiger partial charge in [-0.15, -0.1) is 24.0 Å². The van der Waals surface area contributed by atoms with Gasteiger partial charge in [0.15, 0.2) is 5.96 Å². The molecule has 2 rings (SSSR count). The molecule has 0 aliphatic heterocycles. The van der Waals surface area contributed by atoms with Gasteiger partial charge in [-0.2, -0.15) is 0 Å². The van der Waals surface area contributed by atoms with Crippen LogP contribution in [0.2, 0.25) is 0 Å². The molecule has 1 amide bonds. The summed E-state index contributed by atoms with van der Waals surface area (Å²) in [4.78, 5) is 17.9. The topological polar surface area (TPSA) is 56.7 Å². The lowest BCUT2D eigenvalue weighted by Gasteiger charge is -2.13. The van der Waals surface area contributed by atoms with Crippen molar-refractivity contribution in [2.24, 2.45) is 4.99 Å². The van der Waals surface area contributed by atoms with Gasteiger partial charge in [-0.1, -0.05) is 24.3 Å². The molecule has 0 unspecified atom stereocenters. The third-order valence-electron chi connectivity index (χ3n) is 4.33. The van der Waals surface area contributed by atoms with Crippen molar-refractivity contribution in [2.75, 3.05) is 34.2 Å². The van der Waals surface area contributed by atoms with Crippen molar-refractivity contribution in [1.29, 1.82) is 0 Å². The van der Waals surface area contributed by atoms with E-state index in [2.05, 4.69) is 15.6 Å². The molecule has 2 aromatic rings. The van der Waals surface area contributed by atoms with Crippen molar-refractivity contribution in [3.8, 4) is 0 Å². The summed E-state index contributed by atoms with van der Waals surface area (Å²) in [6, 6.07) is 14.4. The van der Waals surface area contributed by atoms with E-state index in [-0.39, 0.29) is 35.7 Å². The summed E-state index contributed by atoms with van der Waals surface area (Å²) < 4.78 is 13.2. The number of halogens is 2. The average molecular weight is 512 g/mol. The first-order valence-corrected chi connectivity index (χ1v) is 9.49. The van der Waals surface area contributed by atoms with E-state index in [1.807, 2.05) is 30.3 Å². The zero-order valence-electron chi connectivity index (χ0n) is 17.2. The van der Waals surface area contributed by atoms with Crippen LogP contribution < -0.4 is 10.6 Å². The quantitative estimate of drug-likeness (QED) is 0.247. The molecule has 0 aliphatic carbocycles. The number of nitrogens with zero attached hydrogens (tertiary/aromatic N) is 2. The van der Waals surface area contributed by atoms with Gasteiger partial charge in [-0.3, -0.25) is 9.79 Å². The normalized spacial score (nSPS) is 10.8. The molecule has 0 aliphatic rings. The first-order chi connectivity index (χ1) is 13.5. The van der Waals surface area contributed by atoms with Crippen LogP contribution in [-0.2, 0) is 12.8 Å². The van der Waals surface area contributed by atoms with Gasteiger partial charge in [0.25, 0.3) is 5.91 Å². The number of hydrogen-bond acceptors (Lipinski definition) is 2. The van der Waals surface area contributed by atoms with E-state index in [9.17, 15) is 9.18 Å². The second-order valence-corrected chi connectivity index (χ2v) is 6.81. The zero-order valence-corrected chi connectivity index (χ0v) is 19.6. The second kappa shape index (κ2) is 13.1. The fraction of sp³-hybridized carbons (Fsp3) is 0.364. The molecule has 29 heavy (non-hydrogen) atoms. The Morgan fingerprint density at radius 2 is 1.66 bits per heavy atom. The molecule has 0 saturated carbocycles. The minimum Gasteiger partial charge on any atom is -0.356 e. The smallest absolute Gasteiger partial charge is 0.253 e. The molecule has 0 spiro atoms. The summed E-state index contributed by atoms with van der Waals surface area (Å²) in [7, 11) is 5.24. The Bertz CT molecular complexity index is 811. The Hall–Kier alpha value is -2.16. The SMILES string of the molecule is CN=C(NCCCc1cccc(F)c1)NCCc1cccc(C(=O)N(C)C)c1.I. The fourth-order valence-corrected chi connectivity index (χ4v) is 2.86. The Morgan fingerprint density at radius 3 is 2.31 bits per heavy atom. The predicted molar refractivity (Wildman–Crippen MR) is 128 cm³/mol. The molecule has 0 bridgehead atoms. The standard InChI is InChI=1S/C22H29FN4O.HI/c1-24-22(25-13-6-9-17-8-5-11-20(23)16-17)26-14-12-18-7-4-10-19(15-18)21(28)27(2)3;/h4-5,7-8,10-11,15-16H,6,9,12-14H2,1-3H3,(H2,24,25,26);1H. The summed E-state index contributed by atoms with van der Waals surface area (Å²) in [5.74, 6) is 0.546. The van der Waals surface area contributed by atoms with Crippen molar-refractivity contribution in [2.45, 2.75) is 19.3 Å². The highest BCUT2D eigenvalue weighted by Crippen LogP contribution is 2.08. The summed E-state index contributed by atoms with van der Waals surface area (Å²) in [5, 5.41) is 6.55. The maximum atomic E-state index is 13.2. The third kappa shape index (κ3) is 8.81. The number of rotatable bonds is 8. The van der Waals surface area contributed by atoms with Gasteiger partial charge in [-0.25, -0.2) is 4.39 Å². The van der Waals surface area contributed by atoms with Gasteiger partial charge < -0.3 is 15.5 Å². The summed E-state index contributed by atoms with van der Waals surface area (Å²) in [5.41, 5.74) is 2.79. The van der Waals surface area contributed by atoms with E-state index in [4.69, 9.17) is 0 Å². The molecule has 0 aromatic heterocycles. The zero-order chi connectivity index (χ0) is 20.4. The first kappa shape index (κ1) is 24.9. The lowest BCUT2D eigenvalue weighted by Crippen LogP contribution is -2.38. The Morgan fingerprint density at radius 1 is 1.00 bits per heavy atom. The molecule has 2 aromatic carbocycles. The molecule has 0 fully saturated rings. The van der Waals surface area contributed by atoms with Crippen LogP contribution in [0.4, 0.5) is 4.39 Å². The average Bonchev–Trinajstić information content (AvgIpc) is 2.69. The van der Waals surface area contributed by atoms with Crippen LogP contribution in [0.25, 0.3) is 0 Å². The molecule has 0 heterocycles. The Balaban J connectivity index is 0.00000420. The molecule has 158 valence electrons. The number of benzene rings is 2. The van der Waals surface area contributed by atoms with Gasteiger partial charge in [0.2, 0.25) is 0 Å². The molecular formula is C22H30FIN4O. The fourth-order valence-electron chi connectivity index (χ4n) is 2.86. The van der Waals surface area contributed by atoms with Crippen LogP contribution >= 0.6 is 24.0 Å². The number of aliphatic imine (C=N–C) groups is 1. The number of aryl methyl sites for hydroxylation is 1. The van der Waals surface area contributed by atoms with Crippen LogP contribution in [0, 0.1) is 5.82 Å². The number of hydrogen-bond donors (Lipinski definition) is 2. The summed E-state index contributed by atoms with van der Waals surface area (Å²) >= 11 is 0. The Kier molecular flexibility index (Phi) is 11.3. The molecule has 7 heteroatoms. The predicted octanol–water partition coefficient (Wildman–Crippen LogP) is 3.49. The van der Waals surface area contributed by atoms with Crippen molar-refractivity contribution < 1.29 is 9.18 Å². The van der Waals surface area contributed by atoms with Crippen molar-refractivity contribution in [1.82, 2.24) is 15.5 Å². The molecular weight excluding hydrogens is 482 g/mol. The summed E-state index contributed by atoms with van der Waals surface area (Å²) in [6.45, 7) is 1.46. The van der Waals surface area contributed by atoms with E-state index >= 15 is 0 Å². The number of amides is 1. The molecule has 0 atom stereocenters. The maximum absolute atomic E-state index is 13.2. The highest BCUT2D eigenvalue weighted by molar-refractivity contribution is 14.0. The van der Waals surface area contributed by atoms with Crippen LogP contribution in [0.15, 0.2) is 53.5 Å². The van der Waals surface area contributed by atoms with Crippen LogP contribution in [0.5, 0.6) is 0 Å². The second-order valence-electron chi connectivity index (χ2n) is 6.81. The minimum atomic E-state index is -0.195. The lowest BCUT2D eigenvalue weighted by molar-refractivity contribution is 0.0827. The van der Waals surface area contributed by atoms with Crippen molar-refractivity contribution in [3.63, 3.8) is 0 Å². The van der Waals surface area contributed by atoms with Crippen LogP contribution in [-0.4, -0.2) is 51.0 Å². The maximum Gasteiger partial charge on any atom is 0.253 e. The molecule has 0 saturated heterocycles. The van der Waals surface area contributed by atoms with Crippen LogP contribution in [0.1, 0.15) is 27.9 Å². The van der Waals surface area contributed by atoms with Gasteiger partial charge in [0.05, 0.1) is 0 Å². The molecule has 5 nitrogen and oxygen atoms in total. The third-order valence-corrected chi connectivity index (χ3v) is 4.33. The van der Waals surface area contributed by atoms with Gasteiger partial charge in [0, 0.05) is 39.8 Å². The minimum absolute atomic E-state index is 0. The Labute approximate surface area is 189 Å². The first-order valence-electron chi connectivity index (χ1n) is 9.49. The van der Waals surface area contributed by atoms with Gasteiger partial charge in [-0.05, 0) is 54.7 Å². The number of carbonyl (C=O) groups is 1. The highest BCUT2D eigenvalue weighted by Gasteiger charge is 2.08. The van der Waals surface area contributed by atoms with Gasteiger partial charge >= 0.3 is 0 Å². The van der Waals surface area contributed by atoms with E-state index in [1.165, 1.54) is 6.07 Å². The van der Waals surface area contributed by atoms with Gasteiger partial charge in [0.1, 0.15) is 5.82 Å². The molecule has 2 N–H and O–H groups in total. The number of guanidine groups is 1. The highest BCUT2D eigenvalue weighted by atomic mass is 127. The number of carbonyl (C=O) groups excluding carboxylic acids is 1. The monoisotopic (exact) mass is 512 g/mol. The van der Waals surface area contributed by atoms with E-state index < -0.39 is 0 Å². The van der Waals surface area contributed by atoms with E-state index in [0.29, 0.717) is 12.1 Å². The van der Waals surface area contributed by atoms with E-state index in [0.717, 1.165) is 42.9 Å². The largest absolute Gasteiger partial charge is 0.356 e. The number of nitrogens with one attached hydrogen (secondary N) is 2. The van der Waals surface area contributed by atoms with Crippen LogP contribution in [0.3, 0.4) is 0 Å². The van der Waals surface area contributed by atoms with Crippen molar-refractivity contribution >= 4 is 35.8 Å². The summed E-state index contributed by atoms with van der Waals surface area (Å²) in [6.07, 6.45) is 2.49. The molecule has 0 radical (unpaired) electrons. The lowest BCUT2D eigenvalue weighted by atomic mass is 10.1. The van der Waals surface area contributed by atoms with E-state index in [1.54, 1.807) is 38.2 Å². The van der Waals surface area contributed by atoms with Crippen molar-refractivity contribution in [3.05, 3.63) is 71.0 Å².